The molecule has 1 atom stereocenters. The standard InChI is InChI=1S/C16H23NO/c1-2-12-18-15-8-6-14(7-9-15)16(13-4-5-13)10-3-11-17-16/h6-9,13,17H,2-5,10-12H2,1H3. The van der Waals surface area contributed by atoms with Crippen molar-refractivity contribution in [1.82, 2.24) is 5.32 Å². The highest BCUT2D eigenvalue weighted by Crippen LogP contribution is 2.50. The van der Waals surface area contributed by atoms with Crippen molar-refractivity contribution in [2.45, 2.75) is 44.6 Å². The first kappa shape index (κ1) is 12.0. The van der Waals surface area contributed by atoms with E-state index in [1.807, 2.05) is 0 Å². The first-order chi connectivity index (χ1) is 8.85. The average Bonchev–Trinajstić information content (AvgIpc) is 3.16. The van der Waals surface area contributed by atoms with Crippen molar-refractivity contribution in [3.05, 3.63) is 29.8 Å². The van der Waals surface area contributed by atoms with Gasteiger partial charge in [0.25, 0.3) is 0 Å². The van der Waals surface area contributed by atoms with Gasteiger partial charge < -0.3 is 10.1 Å². The quantitative estimate of drug-likeness (QED) is 0.857. The van der Waals surface area contributed by atoms with E-state index in [1.54, 1.807) is 0 Å². The molecule has 1 N–H and O–H groups in total. The molecule has 2 aliphatic rings. The third-order valence-electron chi connectivity index (χ3n) is 4.30. The van der Waals surface area contributed by atoms with Crippen molar-refractivity contribution in [3.63, 3.8) is 0 Å². The topological polar surface area (TPSA) is 21.3 Å². The Labute approximate surface area is 110 Å². The molecule has 98 valence electrons. The lowest BCUT2D eigenvalue weighted by Crippen LogP contribution is -2.38. The smallest absolute Gasteiger partial charge is 0.119 e. The zero-order valence-electron chi connectivity index (χ0n) is 11.2. The van der Waals surface area contributed by atoms with Crippen molar-refractivity contribution in [2.24, 2.45) is 5.92 Å². The molecule has 0 spiro atoms. The van der Waals surface area contributed by atoms with E-state index in [4.69, 9.17) is 4.74 Å². The summed E-state index contributed by atoms with van der Waals surface area (Å²) in [7, 11) is 0. The number of rotatable bonds is 5. The maximum atomic E-state index is 5.66. The first-order valence-corrected chi connectivity index (χ1v) is 7.33. The maximum Gasteiger partial charge on any atom is 0.119 e. The minimum absolute atomic E-state index is 0.281. The van der Waals surface area contributed by atoms with E-state index < -0.39 is 0 Å². The van der Waals surface area contributed by atoms with Crippen LogP contribution in [0.25, 0.3) is 0 Å². The minimum Gasteiger partial charge on any atom is -0.494 e. The molecule has 1 aliphatic heterocycles. The summed E-state index contributed by atoms with van der Waals surface area (Å²) in [6.45, 7) is 4.12. The highest BCUT2D eigenvalue weighted by atomic mass is 16.5. The van der Waals surface area contributed by atoms with Gasteiger partial charge in [-0.15, -0.1) is 0 Å². The molecule has 1 saturated heterocycles. The molecule has 1 aromatic carbocycles. The Hall–Kier alpha value is -1.02. The number of hydrogen-bond acceptors (Lipinski definition) is 2. The lowest BCUT2D eigenvalue weighted by atomic mass is 9.83. The van der Waals surface area contributed by atoms with Crippen LogP contribution in [0.1, 0.15) is 44.6 Å². The molecule has 1 aliphatic carbocycles. The van der Waals surface area contributed by atoms with E-state index in [0.717, 1.165) is 24.7 Å². The third kappa shape index (κ3) is 2.14. The SMILES string of the molecule is CCCOc1ccc(C2(C3CC3)CCCN2)cc1. The summed E-state index contributed by atoms with van der Waals surface area (Å²) in [6, 6.07) is 8.80. The largest absolute Gasteiger partial charge is 0.494 e. The van der Waals surface area contributed by atoms with Crippen LogP contribution in [0.5, 0.6) is 5.75 Å². The number of ether oxygens (including phenoxy) is 1. The highest BCUT2D eigenvalue weighted by molar-refractivity contribution is 5.34. The van der Waals surface area contributed by atoms with Crippen LogP contribution in [0.4, 0.5) is 0 Å². The fraction of sp³-hybridized carbons (Fsp3) is 0.625. The van der Waals surface area contributed by atoms with Gasteiger partial charge in [-0.1, -0.05) is 19.1 Å². The molecule has 0 aromatic heterocycles. The molecular formula is C16H23NO. The molecule has 3 rings (SSSR count). The molecule has 1 unspecified atom stereocenters. The van der Waals surface area contributed by atoms with Gasteiger partial charge in [-0.05, 0) is 62.3 Å². The van der Waals surface area contributed by atoms with Gasteiger partial charge in [0.15, 0.2) is 0 Å². The Bertz CT molecular complexity index is 388. The Balaban J connectivity index is 1.78. The van der Waals surface area contributed by atoms with Gasteiger partial charge in [-0.2, -0.15) is 0 Å². The second-order valence-corrected chi connectivity index (χ2v) is 5.65. The fourth-order valence-electron chi connectivity index (χ4n) is 3.24. The van der Waals surface area contributed by atoms with E-state index in [0.29, 0.717) is 0 Å². The second-order valence-electron chi connectivity index (χ2n) is 5.65. The fourth-order valence-corrected chi connectivity index (χ4v) is 3.24. The van der Waals surface area contributed by atoms with E-state index in [1.165, 1.54) is 37.8 Å². The van der Waals surface area contributed by atoms with Crippen LogP contribution in [-0.2, 0) is 5.54 Å². The van der Waals surface area contributed by atoms with Crippen LogP contribution >= 0.6 is 0 Å². The van der Waals surface area contributed by atoms with E-state index in [-0.39, 0.29) is 5.54 Å². The molecule has 1 aromatic rings. The lowest BCUT2D eigenvalue weighted by Gasteiger charge is -2.30. The van der Waals surface area contributed by atoms with Crippen molar-refractivity contribution < 1.29 is 4.74 Å². The van der Waals surface area contributed by atoms with Crippen LogP contribution in [0, 0.1) is 5.92 Å². The number of nitrogens with one attached hydrogen (secondary N) is 1. The van der Waals surface area contributed by atoms with Crippen LogP contribution in [0.2, 0.25) is 0 Å². The van der Waals surface area contributed by atoms with Crippen LogP contribution in [-0.4, -0.2) is 13.2 Å². The van der Waals surface area contributed by atoms with Crippen LogP contribution in [0.15, 0.2) is 24.3 Å². The average molecular weight is 245 g/mol. The monoisotopic (exact) mass is 245 g/mol. The molecule has 2 heteroatoms. The maximum absolute atomic E-state index is 5.66. The zero-order valence-corrected chi connectivity index (χ0v) is 11.2. The summed E-state index contributed by atoms with van der Waals surface area (Å²) >= 11 is 0. The Kier molecular flexibility index (Phi) is 3.29. The molecule has 18 heavy (non-hydrogen) atoms. The summed E-state index contributed by atoms with van der Waals surface area (Å²) in [5.74, 6) is 1.87. The molecule has 2 nitrogen and oxygen atoms in total. The second kappa shape index (κ2) is 4.93. The van der Waals surface area contributed by atoms with Gasteiger partial charge in [0, 0.05) is 5.54 Å². The molecule has 0 amide bonds. The van der Waals surface area contributed by atoms with Gasteiger partial charge in [0.05, 0.1) is 6.61 Å². The van der Waals surface area contributed by atoms with Gasteiger partial charge >= 0.3 is 0 Å². The van der Waals surface area contributed by atoms with Crippen molar-refractivity contribution in [1.29, 1.82) is 0 Å². The predicted molar refractivity (Wildman–Crippen MR) is 73.9 cm³/mol. The lowest BCUT2D eigenvalue weighted by molar-refractivity contribution is 0.314. The van der Waals surface area contributed by atoms with E-state index >= 15 is 0 Å². The molecule has 1 saturated carbocycles. The van der Waals surface area contributed by atoms with Crippen molar-refractivity contribution >= 4 is 0 Å². The van der Waals surface area contributed by atoms with Crippen molar-refractivity contribution in [2.75, 3.05) is 13.2 Å². The van der Waals surface area contributed by atoms with E-state index in [9.17, 15) is 0 Å². The Morgan fingerprint density at radius 3 is 2.61 bits per heavy atom. The van der Waals surface area contributed by atoms with Gasteiger partial charge in [-0.3, -0.25) is 0 Å². The zero-order chi connectivity index (χ0) is 12.4. The molecular weight excluding hydrogens is 222 g/mol. The van der Waals surface area contributed by atoms with Gasteiger partial charge in [-0.25, -0.2) is 0 Å². The number of benzene rings is 1. The first-order valence-electron chi connectivity index (χ1n) is 7.33. The van der Waals surface area contributed by atoms with Crippen molar-refractivity contribution in [3.8, 4) is 5.75 Å². The number of hydrogen-bond donors (Lipinski definition) is 1. The summed E-state index contributed by atoms with van der Waals surface area (Å²) in [5, 5.41) is 3.77. The highest BCUT2D eigenvalue weighted by Gasteiger charge is 2.47. The Morgan fingerprint density at radius 1 is 1.28 bits per heavy atom. The minimum atomic E-state index is 0.281. The summed E-state index contributed by atoms with van der Waals surface area (Å²) in [4.78, 5) is 0. The molecule has 0 radical (unpaired) electrons. The molecule has 0 bridgehead atoms. The van der Waals surface area contributed by atoms with Gasteiger partial charge in [0.1, 0.15) is 5.75 Å². The summed E-state index contributed by atoms with van der Waals surface area (Å²) < 4.78 is 5.66. The normalized spacial score (nSPS) is 27.4. The molecule has 2 fully saturated rings. The predicted octanol–water partition coefficient (Wildman–Crippen LogP) is 3.46. The molecule has 1 heterocycles. The van der Waals surface area contributed by atoms with Crippen LogP contribution in [0.3, 0.4) is 0 Å². The van der Waals surface area contributed by atoms with Crippen LogP contribution < -0.4 is 10.1 Å². The summed E-state index contributed by atoms with van der Waals surface area (Å²) in [6.07, 6.45) is 6.45. The Morgan fingerprint density at radius 2 is 2.06 bits per heavy atom. The summed E-state index contributed by atoms with van der Waals surface area (Å²) in [5.41, 5.74) is 1.75. The third-order valence-corrected chi connectivity index (χ3v) is 4.30. The van der Waals surface area contributed by atoms with Gasteiger partial charge in [0.2, 0.25) is 0 Å². The van der Waals surface area contributed by atoms with E-state index in [2.05, 4.69) is 36.5 Å².